The van der Waals surface area contributed by atoms with Crippen LogP contribution >= 0.6 is 11.6 Å². The van der Waals surface area contributed by atoms with Crippen LogP contribution < -0.4 is 5.32 Å². The van der Waals surface area contributed by atoms with Gasteiger partial charge in [0.05, 0.1) is 6.33 Å². The highest BCUT2D eigenvalue weighted by Crippen LogP contribution is 2.20. The van der Waals surface area contributed by atoms with Crippen molar-refractivity contribution in [3.8, 4) is 0 Å². The lowest BCUT2D eigenvalue weighted by atomic mass is 10.1. The molecule has 0 aliphatic carbocycles. The number of imidazole rings is 1. The Morgan fingerprint density at radius 1 is 1.25 bits per heavy atom. The third kappa shape index (κ3) is 2.72. The third-order valence-electron chi connectivity index (χ3n) is 3.03. The monoisotopic (exact) mass is 287 g/mol. The number of anilines is 1. The summed E-state index contributed by atoms with van der Waals surface area (Å²) in [5, 5.41) is 3.55. The molecule has 6 heteroatoms. The van der Waals surface area contributed by atoms with Crippen LogP contribution in [0.2, 0.25) is 5.28 Å². The van der Waals surface area contributed by atoms with Crippen molar-refractivity contribution >= 4 is 28.6 Å². The maximum absolute atomic E-state index is 5.91. The topological polar surface area (TPSA) is 66.5 Å². The fourth-order valence-corrected chi connectivity index (χ4v) is 2.33. The molecule has 0 saturated heterocycles. The molecule has 1 atom stereocenters. The van der Waals surface area contributed by atoms with Crippen molar-refractivity contribution in [1.82, 2.24) is 19.9 Å². The van der Waals surface area contributed by atoms with Crippen LogP contribution in [0.5, 0.6) is 0 Å². The summed E-state index contributed by atoms with van der Waals surface area (Å²) in [7, 11) is 0. The summed E-state index contributed by atoms with van der Waals surface area (Å²) in [5.41, 5.74) is 2.61. The lowest BCUT2D eigenvalue weighted by Gasteiger charge is -2.15. The molecule has 1 unspecified atom stereocenters. The zero-order valence-corrected chi connectivity index (χ0v) is 11.7. The van der Waals surface area contributed by atoms with Crippen molar-refractivity contribution in [2.45, 2.75) is 19.4 Å². The first-order valence-electron chi connectivity index (χ1n) is 6.39. The molecular formula is C14H14ClN5. The molecule has 2 aromatic heterocycles. The number of aromatic amines is 1. The van der Waals surface area contributed by atoms with E-state index in [1.165, 1.54) is 5.56 Å². The molecule has 0 amide bonds. The Bertz CT molecular complexity index is 710. The summed E-state index contributed by atoms with van der Waals surface area (Å²) in [6.45, 7) is 2.10. The van der Waals surface area contributed by atoms with Gasteiger partial charge in [-0.3, -0.25) is 0 Å². The summed E-state index contributed by atoms with van der Waals surface area (Å²) in [5.74, 6) is 0.681. The quantitative estimate of drug-likeness (QED) is 0.724. The van der Waals surface area contributed by atoms with E-state index >= 15 is 0 Å². The maximum atomic E-state index is 5.91. The Morgan fingerprint density at radius 3 is 2.85 bits per heavy atom. The number of nitrogens with one attached hydrogen (secondary N) is 2. The van der Waals surface area contributed by atoms with Gasteiger partial charge in [0.1, 0.15) is 5.52 Å². The molecule has 1 aromatic carbocycles. The highest BCUT2D eigenvalue weighted by molar-refractivity contribution is 6.28. The van der Waals surface area contributed by atoms with Gasteiger partial charge in [0, 0.05) is 6.04 Å². The summed E-state index contributed by atoms with van der Waals surface area (Å²) < 4.78 is 0. The van der Waals surface area contributed by atoms with Crippen molar-refractivity contribution in [2.75, 3.05) is 5.32 Å². The zero-order chi connectivity index (χ0) is 13.9. The van der Waals surface area contributed by atoms with Crippen molar-refractivity contribution in [3.63, 3.8) is 0 Å². The molecular weight excluding hydrogens is 274 g/mol. The molecule has 5 nitrogen and oxygen atoms in total. The second-order valence-corrected chi connectivity index (χ2v) is 5.02. The first kappa shape index (κ1) is 12.9. The Morgan fingerprint density at radius 2 is 2.05 bits per heavy atom. The first-order chi connectivity index (χ1) is 9.72. The van der Waals surface area contributed by atoms with Gasteiger partial charge in [0.15, 0.2) is 11.5 Å². The van der Waals surface area contributed by atoms with Gasteiger partial charge in [-0.1, -0.05) is 30.3 Å². The van der Waals surface area contributed by atoms with Gasteiger partial charge in [0.25, 0.3) is 0 Å². The molecule has 102 valence electrons. The number of aromatic nitrogens is 4. The highest BCUT2D eigenvalue weighted by atomic mass is 35.5. The van der Waals surface area contributed by atoms with E-state index in [1.54, 1.807) is 6.33 Å². The Hall–Kier alpha value is -2.14. The number of hydrogen-bond acceptors (Lipinski definition) is 4. The highest BCUT2D eigenvalue weighted by Gasteiger charge is 2.11. The fourth-order valence-electron chi connectivity index (χ4n) is 2.16. The van der Waals surface area contributed by atoms with Gasteiger partial charge >= 0.3 is 0 Å². The van der Waals surface area contributed by atoms with Crippen LogP contribution in [-0.2, 0) is 6.42 Å². The molecule has 3 aromatic rings. The number of nitrogens with zero attached hydrogens (tertiary/aromatic N) is 3. The maximum Gasteiger partial charge on any atom is 0.226 e. The van der Waals surface area contributed by atoms with Crippen LogP contribution in [0.4, 0.5) is 5.82 Å². The van der Waals surface area contributed by atoms with E-state index in [-0.39, 0.29) is 11.3 Å². The molecule has 0 saturated carbocycles. The number of H-pyrrole nitrogens is 1. The predicted molar refractivity (Wildman–Crippen MR) is 79.9 cm³/mol. The smallest absolute Gasteiger partial charge is 0.226 e. The summed E-state index contributed by atoms with van der Waals surface area (Å²) in [4.78, 5) is 15.4. The van der Waals surface area contributed by atoms with E-state index in [9.17, 15) is 0 Å². The fraction of sp³-hybridized carbons (Fsp3) is 0.214. The van der Waals surface area contributed by atoms with Gasteiger partial charge < -0.3 is 10.3 Å². The Kier molecular flexibility index (Phi) is 3.52. The summed E-state index contributed by atoms with van der Waals surface area (Å²) >= 11 is 5.91. The molecule has 2 heterocycles. The van der Waals surface area contributed by atoms with Crippen LogP contribution in [0.25, 0.3) is 11.2 Å². The number of fused-ring (bicyclic) bond motifs is 1. The lowest BCUT2D eigenvalue weighted by Crippen LogP contribution is -2.19. The Labute approximate surface area is 121 Å². The molecule has 0 aliphatic rings. The molecule has 20 heavy (non-hydrogen) atoms. The standard InChI is InChI=1S/C14H14ClN5/c1-9(7-10-5-3-2-4-6-10)18-13-11-12(17-8-16-11)19-14(15)20-13/h2-6,8-9H,7H2,1H3,(H2,16,17,18,19,20). The SMILES string of the molecule is CC(Cc1ccccc1)Nc1nc(Cl)nc2nc[nH]c12. The van der Waals surface area contributed by atoms with Crippen LogP contribution in [-0.4, -0.2) is 26.0 Å². The molecule has 0 spiro atoms. The number of benzene rings is 1. The largest absolute Gasteiger partial charge is 0.365 e. The van der Waals surface area contributed by atoms with E-state index in [2.05, 4.69) is 44.3 Å². The third-order valence-corrected chi connectivity index (χ3v) is 3.20. The van der Waals surface area contributed by atoms with Gasteiger partial charge in [-0.05, 0) is 30.5 Å². The number of rotatable bonds is 4. The van der Waals surface area contributed by atoms with E-state index < -0.39 is 0 Å². The summed E-state index contributed by atoms with van der Waals surface area (Å²) in [6, 6.07) is 10.5. The van der Waals surface area contributed by atoms with Crippen LogP contribution in [0.15, 0.2) is 36.7 Å². The van der Waals surface area contributed by atoms with Gasteiger partial charge in [-0.15, -0.1) is 0 Å². The van der Waals surface area contributed by atoms with Crippen molar-refractivity contribution in [2.24, 2.45) is 0 Å². The molecule has 3 rings (SSSR count). The van der Waals surface area contributed by atoms with Crippen molar-refractivity contribution in [3.05, 3.63) is 47.5 Å². The molecule has 0 aliphatic heterocycles. The predicted octanol–water partition coefficient (Wildman–Crippen LogP) is 3.05. The minimum atomic E-state index is 0.194. The van der Waals surface area contributed by atoms with Crippen LogP contribution in [0.3, 0.4) is 0 Å². The molecule has 0 radical (unpaired) electrons. The number of halogens is 1. The molecule has 0 bridgehead atoms. The van der Waals surface area contributed by atoms with Gasteiger partial charge in [-0.25, -0.2) is 4.98 Å². The van der Waals surface area contributed by atoms with E-state index in [1.807, 2.05) is 18.2 Å². The second-order valence-electron chi connectivity index (χ2n) is 4.68. The van der Waals surface area contributed by atoms with Gasteiger partial charge in [-0.2, -0.15) is 9.97 Å². The molecule has 2 N–H and O–H groups in total. The van der Waals surface area contributed by atoms with E-state index in [0.717, 1.165) is 11.9 Å². The van der Waals surface area contributed by atoms with Crippen molar-refractivity contribution < 1.29 is 0 Å². The first-order valence-corrected chi connectivity index (χ1v) is 6.77. The summed E-state index contributed by atoms with van der Waals surface area (Å²) in [6.07, 6.45) is 2.49. The van der Waals surface area contributed by atoms with Crippen LogP contribution in [0.1, 0.15) is 12.5 Å². The zero-order valence-electron chi connectivity index (χ0n) is 11.0. The minimum absolute atomic E-state index is 0.194. The van der Waals surface area contributed by atoms with E-state index in [4.69, 9.17) is 11.6 Å². The van der Waals surface area contributed by atoms with Crippen molar-refractivity contribution in [1.29, 1.82) is 0 Å². The van der Waals surface area contributed by atoms with Crippen LogP contribution in [0, 0.1) is 0 Å². The Balaban J connectivity index is 1.80. The average molecular weight is 288 g/mol. The average Bonchev–Trinajstić information content (AvgIpc) is 2.88. The normalized spacial score (nSPS) is 12.5. The van der Waals surface area contributed by atoms with E-state index in [0.29, 0.717) is 11.5 Å². The van der Waals surface area contributed by atoms with Gasteiger partial charge in [0.2, 0.25) is 5.28 Å². The lowest BCUT2D eigenvalue weighted by molar-refractivity contribution is 0.785. The second kappa shape index (κ2) is 5.46. The number of hydrogen-bond donors (Lipinski definition) is 2. The molecule has 0 fully saturated rings. The minimum Gasteiger partial charge on any atom is -0.365 e.